The smallest absolute Gasteiger partial charge is 0.328 e. The predicted molar refractivity (Wildman–Crippen MR) is 71.4 cm³/mol. The van der Waals surface area contributed by atoms with Crippen molar-refractivity contribution in [3.63, 3.8) is 0 Å². The number of hydrogen-bond donors (Lipinski definition) is 3. The minimum atomic E-state index is -3.83. The summed E-state index contributed by atoms with van der Waals surface area (Å²) in [4.78, 5) is 11.2. The third-order valence-electron chi connectivity index (χ3n) is 1.89. The van der Waals surface area contributed by atoms with Gasteiger partial charge in [-0.15, -0.1) is 0 Å². The van der Waals surface area contributed by atoms with Crippen molar-refractivity contribution in [1.29, 1.82) is 0 Å². The van der Waals surface area contributed by atoms with Crippen LogP contribution in [-0.2, 0) is 10.0 Å². The molecule has 0 unspecified atom stereocenters. The SMILES string of the molecule is CCCNC(=O)NS(=O)(=O)c1ccc(Cl)cc1.[NH4+]. The Morgan fingerprint density at radius 1 is 1.28 bits per heavy atom. The molecule has 0 spiro atoms. The number of quaternary nitrogens is 1. The van der Waals surface area contributed by atoms with Crippen LogP contribution in [0, 0.1) is 0 Å². The molecule has 6 nitrogen and oxygen atoms in total. The standard InChI is InChI=1S/C10H13ClN2O3S.H3N/c1-2-7-12-10(14)13-17(15,16)9-5-3-8(11)4-6-9;/h3-6H,2,7H2,1H3,(H2,12,13,14);1H3/p+1. The van der Waals surface area contributed by atoms with Crippen LogP contribution in [0.15, 0.2) is 29.2 Å². The van der Waals surface area contributed by atoms with Gasteiger partial charge in [0.15, 0.2) is 0 Å². The van der Waals surface area contributed by atoms with Crippen molar-refractivity contribution >= 4 is 27.7 Å². The Balaban J connectivity index is 0.00000289. The van der Waals surface area contributed by atoms with Crippen LogP contribution in [0.3, 0.4) is 0 Å². The molecule has 0 bridgehead atoms. The summed E-state index contributed by atoms with van der Waals surface area (Å²) in [6, 6.07) is 4.82. The molecule has 0 radical (unpaired) electrons. The molecule has 0 fully saturated rings. The zero-order valence-corrected chi connectivity index (χ0v) is 11.8. The average molecular weight is 295 g/mol. The first-order chi connectivity index (χ1) is 7.95. The molecular formula is C10H17ClN3O3S+. The van der Waals surface area contributed by atoms with Crippen molar-refractivity contribution in [1.82, 2.24) is 16.2 Å². The van der Waals surface area contributed by atoms with Gasteiger partial charge in [0.2, 0.25) is 0 Å². The zero-order valence-electron chi connectivity index (χ0n) is 10.2. The molecule has 102 valence electrons. The van der Waals surface area contributed by atoms with Crippen molar-refractivity contribution in [2.24, 2.45) is 0 Å². The van der Waals surface area contributed by atoms with Crippen LogP contribution in [0.5, 0.6) is 0 Å². The fourth-order valence-corrected chi connectivity index (χ4v) is 2.12. The second-order valence-electron chi connectivity index (χ2n) is 3.32. The second kappa shape index (κ2) is 7.20. The molecular weight excluding hydrogens is 278 g/mol. The van der Waals surface area contributed by atoms with Gasteiger partial charge >= 0.3 is 6.03 Å². The highest BCUT2D eigenvalue weighted by molar-refractivity contribution is 7.90. The number of carbonyl (C=O) groups excluding carboxylic acids is 1. The minimum Gasteiger partial charge on any atom is -0.369 e. The molecule has 8 heteroatoms. The van der Waals surface area contributed by atoms with Crippen LogP contribution in [-0.4, -0.2) is 21.0 Å². The molecule has 6 N–H and O–H groups in total. The molecule has 0 saturated carbocycles. The van der Waals surface area contributed by atoms with Crippen molar-refractivity contribution in [2.75, 3.05) is 6.54 Å². The van der Waals surface area contributed by atoms with E-state index in [1.165, 1.54) is 24.3 Å². The van der Waals surface area contributed by atoms with Gasteiger partial charge in [0.05, 0.1) is 4.90 Å². The van der Waals surface area contributed by atoms with Gasteiger partial charge in [-0.05, 0) is 30.7 Å². The summed E-state index contributed by atoms with van der Waals surface area (Å²) in [6.07, 6.45) is 0.731. The van der Waals surface area contributed by atoms with E-state index in [1.807, 2.05) is 11.6 Å². The molecule has 0 heterocycles. The van der Waals surface area contributed by atoms with Gasteiger partial charge in [-0.3, -0.25) is 0 Å². The number of halogens is 1. The van der Waals surface area contributed by atoms with Crippen LogP contribution >= 0.6 is 11.6 Å². The maximum absolute atomic E-state index is 11.7. The van der Waals surface area contributed by atoms with E-state index in [9.17, 15) is 13.2 Å². The van der Waals surface area contributed by atoms with Crippen LogP contribution in [0.1, 0.15) is 13.3 Å². The molecule has 0 aliphatic heterocycles. The maximum Gasteiger partial charge on any atom is 0.328 e. The van der Waals surface area contributed by atoms with Gasteiger partial charge in [-0.1, -0.05) is 18.5 Å². The predicted octanol–water partition coefficient (Wildman–Crippen LogP) is 2.11. The zero-order chi connectivity index (χ0) is 12.9. The third-order valence-corrected chi connectivity index (χ3v) is 3.49. The summed E-state index contributed by atoms with van der Waals surface area (Å²) in [5.74, 6) is 0. The molecule has 0 saturated heterocycles. The fourth-order valence-electron chi connectivity index (χ4n) is 1.07. The molecule has 18 heavy (non-hydrogen) atoms. The monoisotopic (exact) mass is 294 g/mol. The number of amides is 2. The van der Waals surface area contributed by atoms with E-state index >= 15 is 0 Å². The van der Waals surface area contributed by atoms with Crippen LogP contribution in [0.25, 0.3) is 0 Å². The van der Waals surface area contributed by atoms with Crippen molar-refractivity contribution in [3.8, 4) is 0 Å². The lowest BCUT2D eigenvalue weighted by Crippen LogP contribution is -2.39. The van der Waals surface area contributed by atoms with Crippen LogP contribution in [0.2, 0.25) is 5.02 Å². The molecule has 0 aromatic heterocycles. The maximum atomic E-state index is 11.7. The van der Waals surface area contributed by atoms with Gasteiger partial charge < -0.3 is 11.5 Å². The summed E-state index contributed by atoms with van der Waals surface area (Å²) < 4.78 is 25.3. The Morgan fingerprint density at radius 3 is 2.33 bits per heavy atom. The molecule has 2 amide bonds. The number of urea groups is 1. The highest BCUT2D eigenvalue weighted by Crippen LogP contribution is 2.13. The Hall–Kier alpha value is -1.31. The molecule has 1 aromatic carbocycles. The summed E-state index contributed by atoms with van der Waals surface area (Å²) >= 11 is 5.64. The lowest BCUT2D eigenvalue weighted by Gasteiger charge is -2.07. The van der Waals surface area contributed by atoms with E-state index in [1.54, 1.807) is 0 Å². The lowest BCUT2D eigenvalue weighted by molar-refractivity contribution is 0.246. The number of sulfonamides is 1. The van der Waals surface area contributed by atoms with Gasteiger partial charge in [0.25, 0.3) is 10.0 Å². The summed E-state index contributed by atoms with van der Waals surface area (Å²) in [7, 11) is -3.83. The van der Waals surface area contributed by atoms with E-state index in [0.29, 0.717) is 11.6 Å². The Kier molecular flexibility index (Phi) is 6.67. The quantitative estimate of drug-likeness (QED) is 0.790. The minimum absolute atomic E-state index is 0. The lowest BCUT2D eigenvalue weighted by atomic mass is 10.4. The molecule has 0 aliphatic carbocycles. The number of rotatable bonds is 4. The third kappa shape index (κ3) is 4.91. The summed E-state index contributed by atoms with van der Waals surface area (Å²) in [5, 5.41) is 2.84. The van der Waals surface area contributed by atoms with E-state index in [2.05, 4.69) is 5.32 Å². The van der Waals surface area contributed by atoms with Crippen molar-refractivity contribution < 1.29 is 13.2 Å². The van der Waals surface area contributed by atoms with E-state index in [-0.39, 0.29) is 11.0 Å². The Labute approximate surface area is 111 Å². The first kappa shape index (κ1) is 16.7. The fraction of sp³-hybridized carbons (Fsp3) is 0.300. The second-order valence-corrected chi connectivity index (χ2v) is 5.43. The highest BCUT2D eigenvalue weighted by atomic mass is 35.5. The molecule has 0 atom stereocenters. The van der Waals surface area contributed by atoms with Crippen molar-refractivity contribution in [3.05, 3.63) is 29.3 Å². The largest absolute Gasteiger partial charge is 0.369 e. The van der Waals surface area contributed by atoms with Crippen molar-refractivity contribution in [2.45, 2.75) is 18.2 Å². The number of benzene rings is 1. The number of hydrogen-bond acceptors (Lipinski definition) is 3. The molecule has 1 rings (SSSR count). The number of carbonyl (C=O) groups is 1. The van der Waals surface area contributed by atoms with Crippen LogP contribution < -0.4 is 16.2 Å². The topological polar surface area (TPSA) is 112 Å². The Bertz CT molecular complexity index is 488. The van der Waals surface area contributed by atoms with E-state index < -0.39 is 16.1 Å². The van der Waals surface area contributed by atoms with E-state index in [4.69, 9.17) is 11.6 Å². The van der Waals surface area contributed by atoms with Gasteiger partial charge in [-0.2, -0.15) is 0 Å². The van der Waals surface area contributed by atoms with Gasteiger partial charge in [0.1, 0.15) is 0 Å². The number of nitrogens with one attached hydrogen (secondary N) is 2. The molecule has 1 aromatic rings. The summed E-state index contributed by atoms with van der Waals surface area (Å²) in [5.41, 5.74) is 0. The van der Waals surface area contributed by atoms with Crippen LogP contribution in [0.4, 0.5) is 4.79 Å². The van der Waals surface area contributed by atoms with Gasteiger partial charge in [0, 0.05) is 11.6 Å². The average Bonchev–Trinajstić information content (AvgIpc) is 2.26. The Morgan fingerprint density at radius 2 is 1.83 bits per heavy atom. The normalized spacial score (nSPS) is 10.3. The first-order valence-corrected chi connectivity index (χ1v) is 6.88. The van der Waals surface area contributed by atoms with Gasteiger partial charge in [-0.25, -0.2) is 17.9 Å². The summed E-state index contributed by atoms with van der Waals surface area (Å²) in [6.45, 7) is 2.29. The highest BCUT2D eigenvalue weighted by Gasteiger charge is 2.16. The molecule has 0 aliphatic rings. The first-order valence-electron chi connectivity index (χ1n) is 5.02. The van der Waals surface area contributed by atoms with E-state index in [0.717, 1.165) is 6.42 Å².